The Hall–Kier alpha value is -1.06. The lowest BCUT2D eigenvalue weighted by Crippen LogP contribution is -2.15. The Bertz CT molecular complexity index is 530. The molecule has 1 rings (SSSR count). The molecule has 0 heterocycles. The molecule has 0 fully saturated rings. The number of hydrogen-bond donors (Lipinski definition) is 1. The standard InChI is InChI=1S/C6H4BrFN2O4S/c7-3-1-4(8)6(10(11)12)5(2-3)15(9,13)14/h1-2H,(H2,9,13,14). The van der Waals surface area contributed by atoms with E-state index in [-0.39, 0.29) is 4.47 Å². The summed E-state index contributed by atoms with van der Waals surface area (Å²) in [6.45, 7) is 0. The Labute approximate surface area is 92.2 Å². The number of primary sulfonamides is 1. The summed E-state index contributed by atoms with van der Waals surface area (Å²) >= 11 is 2.81. The highest BCUT2D eigenvalue weighted by molar-refractivity contribution is 9.10. The van der Waals surface area contributed by atoms with Gasteiger partial charge in [-0.25, -0.2) is 13.6 Å². The van der Waals surface area contributed by atoms with Crippen molar-refractivity contribution in [3.63, 3.8) is 0 Å². The van der Waals surface area contributed by atoms with Gasteiger partial charge >= 0.3 is 5.69 Å². The summed E-state index contributed by atoms with van der Waals surface area (Å²) in [6.07, 6.45) is 0. The second-order valence-corrected chi connectivity index (χ2v) is 4.98. The minimum absolute atomic E-state index is 0.0506. The summed E-state index contributed by atoms with van der Waals surface area (Å²) in [5, 5.41) is 15.1. The number of sulfonamides is 1. The van der Waals surface area contributed by atoms with Crippen LogP contribution in [0.2, 0.25) is 0 Å². The molecule has 2 N–H and O–H groups in total. The van der Waals surface area contributed by atoms with Crippen LogP contribution in [-0.2, 0) is 10.0 Å². The largest absolute Gasteiger partial charge is 0.324 e. The Morgan fingerprint density at radius 3 is 2.40 bits per heavy atom. The highest BCUT2D eigenvalue weighted by atomic mass is 79.9. The van der Waals surface area contributed by atoms with Gasteiger partial charge in [-0.1, -0.05) is 15.9 Å². The third-order valence-electron chi connectivity index (χ3n) is 1.48. The van der Waals surface area contributed by atoms with E-state index in [0.717, 1.165) is 12.1 Å². The van der Waals surface area contributed by atoms with E-state index >= 15 is 0 Å². The van der Waals surface area contributed by atoms with E-state index in [1.807, 2.05) is 0 Å². The van der Waals surface area contributed by atoms with E-state index < -0.39 is 31.3 Å². The molecule has 9 heteroatoms. The highest BCUT2D eigenvalue weighted by Crippen LogP contribution is 2.29. The van der Waals surface area contributed by atoms with E-state index in [9.17, 15) is 22.9 Å². The number of nitro benzene ring substituents is 1. The van der Waals surface area contributed by atoms with Gasteiger partial charge in [0.15, 0.2) is 4.90 Å². The fourth-order valence-corrected chi connectivity index (χ4v) is 2.25. The molecule has 15 heavy (non-hydrogen) atoms. The van der Waals surface area contributed by atoms with Crippen molar-refractivity contribution >= 4 is 31.6 Å². The molecule has 0 bridgehead atoms. The van der Waals surface area contributed by atoms with Crippen molar-refractivity contribution in [1.29, 1.82) is 0 Å². The zero-order valence-electron chi connectivity index (χ0n) is 6.98. The predicted molar refractivity (Wildman–Crippen MR) is 52.1 cm³/mol. The van der Waals surface area contributed by atoms with Crippen LogP contribution in [0, 0.1) is 15.9 Å². The van der Waals surface area contributed by atoms with E-state index in [1.54, 1.807) is 0 Å². The predicted octanol–water partition coefficient (Wildman–Crippen LogP) is 1.14. The third-order valence-corrected chi connectivity index (χ3v) is 2.86. The van der Waals surface area contributed by atoms with Gasteiger partial charge in [0.25, 0.3) is 0 Å². The van der Waals surface area contributed by atoms with Crippen LogP contribution < -0.4 is 5.14 Å². The van der Waals surface area contributed by atoms with Crippen molar-refractivity contribution in [2.24, 2.45) is 5.14 Å². The van der Waals surface area contributed by atoms with Crippen LogP contribution in [0.25, 0.3) is 0 Å². The number of nitro groups is 1. The third kappa shape index (κ3) is 2.49. The molecule has 0 atom stereocenters. The van der Waals surface area contributed by atoms with Crippen LogP contribution in [0.5, 0.6) is 0 Å². The molecule has 0 aliphatic heterocycles. The van der Waals surface area contributed by atoms with Gasteiger partial charge < -0.3 is 0 Å². The lowest BCUT2D eigenvalue weighted by molar-refractivity contribution is -0.390. The average Bonchev–Trinajstić information content (AvgIpc) is 1.99. The summed E-state index contributed by atoms with van der Waals surface area (Å²) < 4.78 is 35.0. The number of nitrogens with two attached hydrogens (primary N) is 1. The van der Waals surface area contributed by atoms with Gasteiger partial charge in [-0.3, -0.25) is 10.1 Å². The van der Waals surface area contributed by atoms with Gasteiger partial charge in [-0.15, -0.1) is 0 Å². The van der Waals surface area contributed by atoms with Crippen molar-refractivity contribution in [2.75, 3.05) is 0 Å². The zero-order chi connectivity index (χ0) is 11.8. The van der Waals surface area contributed by atoms with Crippen LogP contribution in [0.3, 0.4) is 0 Å². The molecule has 0 aliphatic rings. The SMILES string of the molecule is NS(=O)(=O)c1cc(Br)cc(F)c1[N+](=O)[O-]. The van der Waals surface area contributed by atoms with E-state index in [0.29, 0.717) is 0 Å². The van der Waals surface area contributed by atoms with Gasteiger partial charge in [0, 0.05) is 4.47 Å². The summed E-state index contributed by atoms with van der Waals surface area (Å²) in [6, 6.07) is 1.66. The van der Waals surface area contributed by atoms with Gasteiger partial charge in [-0.2, -0.15) is 4.39 Å². The van der Waals surface area contributed by atoms with Crippen molar-refractivity contribution in [3.05, 3.63) is 32.5 Å². The quantitative estimate of drug-likeness (QED) is 0.653. The second-order valence-electron chi connectivity index (χ2n) is 2.54. The van der Waals surface area contributed by atoms with E-state index in [4.69, 9.17) is 5.14 Å². The molecular formula is C6H4BrFN2O4S. The second kappa shape index (κ2) is 3.83. The Balaban J connectivity index is 3.70. The molecule has 0 amide bonds. The zero-order valence-corrected chi connectivity index (χ0v) is 9.38. The van der Waals surface area contributed by atoms with Crippen molar-refractivity contribution in [1.82, 2.24) is 0 Å². The minimum atomic E-state index is -4.34. The van der Waals surface area contributed by atoms with E-state index in [2.05, 4.69) is 15.9 Å². The first kappa shape index (κ1) is 12.0. The molecule has 6 nitrogen and oxygen atoms in total. The number of rotatable bonds is 2. The van der Waals surface area contributed by atoms with E-state index in [1.165, 1.54) is 0 Å². The average molecular weight is 299 g/mol. The normalized spacial score (nSPS) is 11.4. The minimum Gasteiger partial charge on any atom is -0.258 e. The number of halogens is 2. The molecule has 0 radical (unpaired) electrons. The fourth-order valence-electron chi connectivity index (χ4n) is 0.936. The molecule has 0 saturated carbocycles. The fraction of sp³-hybridized carbons (Fsp3) is 0. The lowest BCUT2D eigenvalue weighted by Gasteiger charge is -2.02. The van der Waals surface area contributed by atoms with Gasteiger partial charge in [0.05, 0.1) is 4.92 Å². The summed E-state index contributed by atoms with van der Waals surface area (Å²) in [5.74, 6) is -1.27. The molecule has 0 saturated heterocycles. The number of benzene rings is 1. The maximum Gasteiger partial charge on any atom is 0.324 e. The van der Waals surface area contributed by atoms with Crippen LogP contribution in [0.15, 0.2) is 21.5 Å². The van der Waals surface area contributed by atoms with Crippen LogP contribution >= 0.6 is 15.9 Å². The van der Waals surface area contributed by atoms with Crippen molar-refractivity contribution < 1.29 is 17.7 Å². The first-order valence-corrected chi connectivity index (χ1v) is 5.73. The molecule has 0 aliphatic carbocycles. The molecule has 0 aromatic heterocycles. The molecule has 82 valence electrons. The lowest BCUT2D eigenvalue weighted by atomic mass is 10.3. The Morgan fingerprint density at radius 1 is 1.47 bits per heavy atom. The Morgan fingerprint density at radius 2 is 2.00 bits per heavy atom. The first-order chi connectivity index (χ1) is 6.73. The van der Waals surface area contributed by atoms with Gasteiger partial charge in [0.2, 0.25) is 15.8 Å². The highest BCUT2D eigenvalue weighted by Gasteiger charge is 2.28. The molecule has 1 aromatic carbocycles. The molecular weight excluding hydrogens is 295 g/mol. The summed E-state index contributed by atoms with van der Waals surface area (Å²) in [7, 11) is -4.34. The number of nitrogens with zero attached hydrogens (tertiary/aromatic N) is 1. The van der Waals surface area contributed by atoms with Crippen LogP contribution in [0.4, 0.5) is 10.1 Å². The summed E-state index contributed by atoms with van der Waals surface area (Å²) in [5.41, 5.74) is -1.15. The van der Waals surface area contributed by atoms with Crippen LogP contribution in [0.1, 0.15) is 0 Å². The number of hydrogen-bond acceptors (Lipinski definition) is 4. The maximum absolute atomic E-state index is 13.1. The molecule has 0 unspecified atom stereocenters. The topological polar surface area (TPSA) is 103 Å². The van der Waals surface area contributed by atoms with Crippen molar-refractivity contribution in [2.45, 2.75) is 4.90 Å². The Kier molecular flexibility index (Phi) is 3.07. The summed E-state index contributed by atoms with van der Waals surface area (Å²) in [4.78, 5) is 8.43. The van der Waals surface area contributed by atoms with Crippen LogP contribution in [-0.4, -0.2) is 13.3 Å². The first-order valence-electron chi connectivity index (χ1n) is 3.39. The molecule has 0 spiro atoms. The maximum atomic E-state index is 13.1. The molecule has 1 aromatic rings. The monoisotopic (exact) mass is 298 g/mol. The van der Waals surface area contributed by atoms with Gasteiger partial charge in [-0.05, 0) is 12.1 Å². The van der Waals surface area contributed by atoms with Gasteiger partial charge in [0.1, 0.15) is 0 Å². The smallest absolute Gasteiger partial charge is 0.258 e. The van der Waals surface area contributed by atoms with Crippen molar-refractivity contribution in [3.8, 4) is 0 Å².